The molecule has 3 rings (SSSR count). The van der Waals surface area contributed by atoms with Gasteiger partial charge in [0.05, 0.1) is 0 Å². The van der Waals surface area contributed by atoms with E-state index in [9.17, 15) is 4.79 Å². The third-order valence-electron chi connectivity index (χ3n) is 4.76. The average molecular weight is 291 g/mol. The van der Waals surface area contributed by atoms with Gasteiger partial charge in [-0.15, -0.1) is 5.10 Å². The third kappa shape index (κ3) is 2.81. The molecule has 1 saturated heterocycles. The van der Waals surface area contributed by atoms with Gasteiger partial charge in [0.2, 0.25) is 5.82 Å². The topological polar surface area (TPSA) is 87.9 Å². The van der Waals surface area contributed by atoms with Crippen LogP contribution in [0.25, 0.3) is 0 Å². The largest absolute Gasteiger partial charge is 0.335 e. The summed E-state index contributed by atoms with van der Waals surface area (Å²) in [6.45, 7) is 7.78. The molecule has 0 spiro atoms. The molecule has 1 aromatic rings. The fourth-order valence-corrected chi connectivity index (χ4v) is 3.47. The van der Waals surface area contributed by atoms with Crippen molar-refractivity contribution in [2.24, 2.45) is 17.6 Å². The van der Waals surface area contributed by atoms with Gasteiger partial charge in [0, 0.05) is 24.5 Å². The minimum Gasteiger partial charge on any atom is -0.335 e. The summed E-state index contributed by atoms with van der Waals surface area (Å²) in [5.41, 5.74) is 5.91. The van der Waals surface area contributed by atoms with Gasteiger partial charge >= 0.3 is 0 Å². The molecule has 3 N–H and O–H groups in total. The number of rotatable bonds is 1. The molecule has 0 radical (unpaired) electrons. The van der Waals surface area contributed by atoms with Crippen LogP contribution in [0.15, 0.2) is 0 Å². The molecule has 2 aliphatic rings. The highest BCUT2D eigenvalue weighted by Crippen LogP contribution is 2.36. The minimum absolute atomic E-state index is 0.0512. The number of carbonyl (C=O) groups excluding carboxylic acids is 1. The Morgan fingerprint density at radius 3 is 2.67 bits per heavy atom. The molecule has 1 unspecified atom stereocenters. The number of hydrogen-bond acceptors (Lipinski definition) is 4. The monoisotopic (exact) mass is 291 g/mol. The van der Waals surface area contributed by atoms with Crippen molar-refractivity contribution in [1.82, 2.24) is 20.1 Å². The van der Waals surface area contributed by atoms with E-state index in [2.05, 4.69) is 15.2 Å². The number of aromatic amines is 1. The highest BCUT2D eigenvalue weighted by atomic mass is 16.2. The number of nitrogens with one attached hydrogen (secondary N) is 1. The zero-order chi connectivity index (χ0) is 15.2. The Morgan fingerprint density at radius 1 is 1.29 bits per heavy atom. The van der Waals surface area contributed by atoms with Crippen LogP contribution < -0.4 is 5.73 Å². The Bertz CT molecular complexity index is 532. The molecule has 1 aliphatic heterocycles. The van der Waals surface area contributed by atoms with Crippen LogP contribution in [0.3, 0.4) is 0 Å². The molecule has 1 aromatic heterocycles. The molecule has 1 saturated carbocycles. The van der Waals surface area contributed by atoms with Gasteiger partial charge in [0.15, 0.2) is 0 Å². The second kappa shape index (κ2) is 5.09. The molecule has 21 heavy (non-hydrogen) atoms. The SMILES string of the molecule is CC(C)(C)c1nc(C(=O)N2C[C@H]3CCC(N)C[C@H]3C2)n[nH]1. The lowest BCUT2D eigenvalue weighted by Crippen LogP contribution is -2.32. The summed E-state index contributed by atoms with van der Waals surface area (Å²) in [6, 6.07) is 0.303. The summed E-state index contributed by atoms with van der Waals surface area (Å²) in [6.07, 6.45) is 3.25. The number of fused-ring (bicyclic) bond motifs is 1. The predicted octanol–water partition coefficient (Wildman–Crippen LogP) is 1.30. The molecule has 1 aliphatic carbocycles. The van der Waals surface area contributed by atoms with E-state index in [0.717, 1.165) is 38.2 Å². The van der Waals surface area contributed by atoms with Crippen molar-refractivity contribution in [3.63, 3.8) is 0 Å². The van der Waals surface area contributed by atoms with Crippen molar-refractivity contribution in [2.45, 2.75) is 51.5 Å². The summed E-state index contributed by atoms with van der Waals surface area (Å²) in [5, 5.41) is 7.00. The van der Waals surface area contributed by atoms with E-state index in [-0.39, 0.29) is 11.3 Å². The van der Waals surface area contributed by atoms with E-state index in [1.807, 2.05) is 25.7 Å². The Hall–Kier alpha value is -1.43. The number of nitrogens with zero attached hydrogens (tertiary/aromatic N) is 3. The number of hydrogen-bond donors (Lipinski definition) is 2. The van der Waals surface area contributed by atoms with E-state index < -0.39 is 0 Å². The molecule has 0 bridgehead atoms. The van der Waals surface area contributed by atoms with E-state index in [1.165, 1.54) is 0 Å². The molecular weight excluding hydrogens is 266 g/mol. The van der Waals surface area contributed by atoms with Crippen LogP contribution in [-0.2, 0) is 5.41 Å². The first-order valence-corrected chi connectivity index (χ1v) is 7.82. The number of amides is 1. The maximum Gasteiger partial charge on any atom is 0.293 e. The molecule has 3 atom stereocenters. The Morgan fingerprint density at radius 2 is 2.00 bits per heavy atom. The highest BCUT2D eigenvalue weighted by molar-refractivity contribution is 5.90. The van der Waals surface area contributed by atoms with Gasteiger partial charge in [-0.2, -0.15) is 0 Å². The fourth-order valence-electron chi connectivity index (χ4n) is 3.47. The van der Waals surface area contributed by atoms with E-state index >= 15 is 0 Å². The maximum absolute atomic E-state index is 12.6. The maximum atomic E-state index is 12.6. The summed E-state index contributed by atoms with van der Waals surface area (Å²) >= 11 is 0. The summed E-state index contributed by atoms with van der Waals surface area (Å²) in [7, 11) is 0. The van der Waals surface area contributed by atoms with Crippen LogP contribution in [0.2, 0.25) is 0 Å². The number of carbonyl (C=O) groups is 1. The Kier molecular flexibility index (Phi) is 3.51. The van der Waals surface area contributed by atoms with Crippen molar-refractivity contribution in [1.29, 1.82) is 0 Å². The number of likely N-dealkylation sites (tertiary alicyclic amines) is 1. The van der Waals surface area contributed by atoms with Crippen LogP contribution in [0.4, 0.5) is 0 Å². The van der Waals surface area contributed by atoms with Gasteiger partial charge in [-0.1, -0.05) is 20.8 Å². The molecule has 2 heterocycles. The van der Waals surface area contributed by atoms with Crippen molar-refractivity contribution in [3.8, 4) is 0 Å². The third-order valence-corrected chi connectivity index (χ3v) is 4.76. The Labute approximate surface area is 125 Å². The van der Waals surface area contributed by atoms with Crippen LogP contribution in [0, 0.1) is 11.8 Å². The van der Waals surface area contributed by atoms with Crippen LogP contribution >= 0.6 is 0 Å². The number of H-pyrrole nitrogens is 1. The first-order valence-electron chi connectivity index (χ1n) is 7.82. The van der Waals surface area contributed by atoms with Crippen molar-refractivity contribution in [2.75, 3.05) is 13.1 Å². The van der Waals surface area contributed by atoms with Crippen LogP contribution in [-0.4, -0.2) is 45.1 Å². The lowest BCUT2D eigenvalue weighted by Gasteiger charge is -2.27. The van der Waals surface area contributed by atoms with Gasteiger partial charge in [-0.25, -0.2) is 4.98 Å². The second-order valence-electron chi connectivity index (χ2n) is 7.56. The zero-order valence-corrected chi connectivity index (χ0v) is 13.1. The van der Waals surface area contributed by atoms with Gasteiger partial charge in [0.1, 0.15) is 5.82 Å². The molecule has 6 heteroatoms. The predicted molar refractivity (Wildman–Crippen MR) is 79.8 cm³/mol. The van der Waals surface area contributed by atoms with Crippen molar-refractivity contribution < 1.29 is 4.79 Å². The lowest BCUT2D eigenvalue weighted by molar-refractivity contribution is 0.0772. The standard InChI is InChI=1S/C15H25N5O/c1-15(2,3)14-17-12(18-19-14)13(21)20-7-9-4-5-11(16)6-10(9)8-20/h9-11H,4-8,16H2,1-3H3,(H,17,18,19)/t9-,10+,11?/m1/s1. The van der Waals surface area contributed by atoms with Gasteiger partial charge in [-0.05, 0) is 31.1 Å². The lowest BCUT2D eigenvalue weighted by atomic mass is 9.79. The van der Waals surface area contributed by atoms with E-state index in [4.69, 9.17) is 5.73 Å². The first-order chi connectivity index (χ1) is 9.84. The Balaban J connectivity index is 1.70. The quantitative estimate of drug-likeness (QED) is 0.816. The molecular formula is C15H25N5O. The molecule has 1 amide bonds. The normalized spacial score (nSPS) is 29.5. The minimum atomic E-state index is -0.128. The number of aromatic nitrogens is 3. The van der Waals surface area contributed by atoms with Crippen LogP contribution in [0.1, 0.15) is 56.5 Å². The molecule has 0 aromatic carbocycles. The molecule has 2 fully saturated rings. The second-order valence-corrected chi connectivity index (χ2v) is 7.56. The zero-order valence-electron chi connectivity index (χ0n) is 13.1. The van der Waals surface area contributed by atoms with Gasteiger partial charge < -0.3 is 10.6 Å². The van der Waals surface area contributed by atoms with Crippen LogP contribution in [0.5, 0.6) is 0 Å². The van der Waals surface area contributed by atoms with Gasteiger partial charge in [0.25, 0.3) is 5.91 Å². The highest BCUT2D eigenvalue weighted by Gasteiger charge is 2.39. The molecule has 116 valence electrons. The summed E-state index contributed by atoms with van der Waals surface area (Å²) in [5.74, 6) is 2.16. The fraction of sp³-hybridized carbons (Fsp3) is 0.800. The number of nitrogens with two attached hydrogens (primary N) is 1. The van der Waals surface area contributed by atoms with Crippen molar-refractivity contribution in [3.05, 3.63) is 11.6 Å². The van der Waals surface area contributed by atoms with Gasteiger partial charge in [-0.3, -0.25) is 9.89 Å². The van der Waals surface area contributed by atoms with Crippen molar-refractivity contribution >= 4 is 5.91 Å². The molecule has 6 nitrogen and oxygen atoms in total. The summed E-state index contributed by atoms with van der Waals surface area (Å²) < 4.78 is 0. The smallest absolute Gasteiger partial charge is 0.293 e. The van der Waals surface area contributed by atoms with E-state index in [0.29, 0.717) is 23.7 Å². The average Bonchev–Trinajstić information content (AvgIpc) is 3.03. The first kappa shape index (κ1) is 14.5. The van der Waals surface area contributed by atoms with E-state index in [1.54, 1.807) is 0 Å². The summed E-state index contributed by atoms with van der Waals surface area (Å²) in [4.78, 5) is 18.8.